The number of aromatic hydroxyl groups is 1. The third kappa shape index (κ3) is 6.36. The average molecular weight is 338 g/mol. The maximum Gasteiger partial charge on any atom is 0.300 e. The van der Waals surface area contributed by atoms with Crippen molar-refractivity contribution < 1.29 is 25.0 Å². The number of likely N-dealkylation sites (tertiary alicyclic amines) is 1. The van der Waals surface area contributed by atoms with Crippen LogP contribution in [0, 0.1) is 5.92 Å². The highest BCUT2D eigenvalue weighted by Gasteiger charge is 2.21. The fourth-order valence-electron chi connectivity index (χ4n) is 2.69. The number of carboxylic acids is 1. The Morgan fingerprint density at radius 1 is 1.33 bits per heavy atom. The third-order valence-corrected chi connectivity index (χ3v) is 4.01. The number of carboxylic acid groups (broad SMARTS) is 1. The average Bonchev–Trinajstić information content (AvgIpc) is 2.56. The van der Waals surface area contributed by atoms with Gasteiger partial charge in [0.05, 0.1) is 7.11 Å². The minimum atomic E-state index is -0.833. The lowest BCUT2D eigenvalue weighted by Crippen LogP contribution is -2.37. The monoisotopic (exact) mass is 338 g/mol. The second-order valence-corrected chi connectivity index (χ2v) is 5.80. The van der Waals surface area contributed by atoms with Gasteiger partial charge in [-0.2, -0.15) is 0 Å². The second kappa shape index (κ2) is 9.64. The van der Waals surface area contributed by atoms with E-state index in [-0.39, 0.29) is 0 Å². The molecule has 0 radical (unpaired) electrons. The fraction of sp³-hybridized carbons (Fsp3) is 0.529. The lowest BCUT2D eigenvalue weighted by Gasteiger charge is -2.32. The van der Waals surface area contributed by atoms with Crippen molar-refractivity contribution >= 4 is 11.8 Å². The zero-order valence-corrected chi connectivity index (χ0v) is 14.4. The van der Waals surface area contributed by atoms with Gasteiger partial charge in [-0.15, -0.1) is 0 Å². The molecule has 0 bridgehead atoms. The molecule has 1 aliphatic heterocycles. The Labute approximate surface area is 142 Å². The Kier molecular flexibility index (Phi) is 7.88. The van der Waals surface area contributed by atoms with E-state index >= 15 is 0 Å². The van der Waals surface area contributed by atoms with Crippen LogP contribution in [0.1, 0.15) is 32.3 Å². The van der Waals surface area contributed by atoms with E-state index in [4.69, 9.17) is 19.8 Å². The van der Waals surface area contributed by atoms with E-state index in [0.29, 0.717) is 17.5 Å². The SMILES string of the molecule is CC(=O)O.COc1ccc(O)c(CC2CCN(C(C)=NO)CC2)c1. The standard InChI is InChI=1S/C15H22N2O3.C2H4O2/c1-11(16-19)17-7-5-12(6-8-17)9-13-10-14(20-2)3-4-15(13)18;1-2(3)4/h3-4,10,12,18-19H,5-9H2,1-2H3;1H3,(H,3,4). The van der Waals surface area contributed by atoms with Crippen molar-refractivity contribution in [3.05, 3.63) is 23.8 Å². The maximum atomic E-state index is 9.92. The highest BCUT2D eigenvalue weighted by Crippen LogP contribution is 2.29. The number of carbonyl (C=O) groups is 1. The molecule has 0 aliphatic carbocycles. The lowest BCUT2D eigenvalue weighted by atomic mass is 9.89. The summed E-state index contributed by atoms with van der Waals surface area (Å²) >= 11 is 0. The first kappa shape index (κ1) is 19.6. The number of phenols is 1. The first-order valence-corrected chi connectivity index (χ1v) is 7.86. The first-order valence-electron chi connectivity index (χ1n) is 7.86. The van der Waals surface area contributed by atoms with E-state index in [9.17, 15) is 5.11 Å². The van der Waals surface area contributed by atoms with Crippen LogP contribution in [0.4, 0.5) is 0 Å². The van der Waals surface area contributed by atoms with Crippen molar-refractivity contribution in [3.8, 4) is 11.5 Å². The molecule has 2 rings (SSSR count). The molecule has 1 fully saturated rings. The van der Waals surface area contributed by atoms with E-state index in [0.717, 1.165) is 50.6 Å². The molecule has 1 heterocycles. The number of nitrogens with zero attached hydrogens (tertiary/aromatic N) is 2. The summed E-state index contributed by atoms with van der Waals surface area (Å²) in [5.74, 6) is 1.49. The Bertz CT molecular complexity index is 562. The van der Waals surface area contributed by atoms with Gasteiger partial charge in [0.2, 0.25) is 0 Å². The van der Waals surface area contributed by atoms with Gasteiger partial charge in [0.1, 0.15) is 17.3 Å². The molecule has 1 aliphatic rings. The van der Waals surface area contributed by atoms with Crippen LogP contribution in [0.5, 0.6) is 11.5 Å². The predicted octanol–water partition coefficient (Wildman–Crippen LogP) is 2.55. The molecule has 1 aromatic rings. The molecule has 1 saturated heterocycles. The molecule has 0 amide bonds. The number of rotatable bonds is 3. The van der Waals surface area contributed by atoms with E-state index in [2.05, 4.69) is 10.1 Å². The minimum Gasteiger partial charge on any atom is -0.508 e. The molecule has 0 atom stereocenters. The summed E-state index contributed by atoms with van der Waals surface area (Å²) < 4.78 is 5.20. The van der Waals surface area contributed by atoms with Crippen molar-refractivity contribution in [3.63, 3.8) is 0 Å². The molecular formula is C17H26N2O5. The van der Waals surface area contributed by atoms with E-state index in [1.165, 1.54) is 0 Å². The van der Waals surface area contributed by atoms with Crippen LogP contribution in [-0.2, 0) is 11.2 Å². The summed E-state index contributed by atoms with van der Waals surface area (Å²) in [4.78, 5) is 11.1. The number of methoxy groups -OCH3 is 1. The highest BCUT2D eigenvalue weighted by molar-refractivity contribution is 5.79. The van der Waals surface area contributed by atoms with Crippen molar-refractivity contribution in [2.75, 3.05) is 20.2 Å². The van der Waals surface area contributed by atoms with Crippen molar-refractivity contribution in [2.45, 2.75) is 33.1 Å². The van der Waals surface area contributed by atoms with Crippen molar-refractivity contribution in [2.24, 2.45) is 11.1 Å². The molecule has 7 nitrogen and oxygen atoms in total. The number of phenolic OH excluding ortho intramolecular Hbond substituents is 1. The highest BCUT2D eigenvalue weighted by atomic mass is 16.5. The molecule has 7 heteroatoms. The van der Waals surface area contributed by atoms with Gasteiger partial charge in [-0.25, -0.2) is 0 Å². The van der Waals surface area contributed by atoms with E-state index < -0.39 is 5.97 Å². The second-order valence-electron chi connectivity index (χ2n) is 5.80. The zero-order chi connectivity index (χ0) is 18.1. The van der Waals surface area contributed by atoms with Crippen LogP contribution >= 0.6 is 0 Å². The van der Waals surface area contributed by atoms with Gasteiger partial charge in [0.25, 0.3) is 5.97 Å². The topological polar surface area (TPSA) is 103 Å². The Morgan fingerprint density at radius 3 is 2.42 bits per heavy atom. The largest absolute Gasteiger partial charge is 0.508 e. The summed E-state index contributed by atoms with van der Waals surface area (Å²) in [6, 6.07) is 5.36. The molecule has 3 N–H and O–H groups in total. The summed E-state index contributed by atoms with van der Waals surface area (Å²) in [7, 11) is 1.63. The Hall–Kier alpha value is -2.44. The number of hydrogen-bond donors (Lipinski definition) is 3. The van der Waals surface area contributed by atoms with Crippen LogP contribution in [0.25, 0.3) is 0 Å². The number of piperidine rings is 1. The van der Waals surface area contributed by atoms with Gasteiger partial charge < -0.3 is 25.1 Å². The lowest BCUT2D eigenvalue weighted by molar-refractivity contribution is -0.134. The molecular weight excluding hydrogens is 312 g/mol. The number of oxime groups is 1. The maximum absolute atomic E-state index is 9.92. The smallest absolute Gasteiger partial charge is 0.300 e. The molecule has 1 aromatic carbocycles. The van der Waals surface area contributed by atoms with Crippen LogP contribution in [-0.4, -0.2) is 52.3 Å². The number of hydrogen-bond acceptors (Lipinski definition) is 5. The summed E-state index contributed by atoms with van der Waals surface area (Å²) in [6.45, 7) is 4.69. The van der Waals surface area contributed by atoms with Crippen molar-refractivity contribution in [1.82, 2.24) is 4.90 Å². The first-order chi connectivity index (χ1) is 11.4. The number of aliphatic carboxylic acids is 1. The number of ether oxygens (including phenoxy) is 1. The number of amidine groups is 1. The molecule has 0 saturated carbocycles. The molecule has 0 unspecified atom stereocenters. The summed E-state index contributed by atoms with van der Waals surface area (Å²) in [6.07, 6.45) is 2.92. The van der Waals surface area contributed by atoms with Gasteiger partial charge in [-0.05, 0) is 55.9 Å². The van der Waals surface area contributed by atoms with Gasteiger partial charge in [-0.1, -0.05) is 5.16 Å². The molecule has 24 heavy (non-hydrogen) atoms. The van der Waals surface area contributed by atoms with Crippen LogP contribution in [0.3, 0.4) is 0 Å². The normalized spacial score (nSPS) is 15.5. The quantitative estimate of drug-likeness (QED) is 0.339. The van der Waals surface area contributed by atoms with Gasteiger partial charge in [-0.3, -0.25) is 4.79 Å². The van der Waals surface area contributed by atoms with Gasteiger partial charge >= 0.3 is 0 Å². The van der Waals surface area contributed by atoms with Gasteiger partial charge in [0, 0.05) is 20.0 Å². The third-order valence-electron chi connectivity index (χ3n) is 4.01. The van der Waals surface area contributed by atoms with E-state index in [1.54, 1.807) is 19.2 Å². The predicted molar refractivity (Wildman–Crippen MR) is 90.9 cm³/mol. The van der Waals surface area contributed by atoms with Crippen molar-refractivity contribution in [1.29, 1.82) is 0 Å². The summed E-state index contributed by atoms with van der Waals surface area (Å²) in [5.41, 5.74) is 0.940. The molecule has 0 aromatic heterocycles. The van der Waals surface area contributed by atoms with Gasteiger partial charge in [0.15, 0.2) is 0 Å². The molecule has 134 valence electrons. The van der Waals surface area contributed by atoms with Crippen LogP contribution < -0.4 is 4.74 Å². The minimum absolute atomic E-state index is 0.335. The zero-order valence-electron chi connectivity index (χ0n) is 14.4. The van der Waals surface area contributed by atoms with E-state index in [1.807, 2.05) is 13.0 Å². The Balaban J connectivity index is 0.000000648. The Morgan fingerprint density at radius 2 is 1.92 bits per heavy atom. The van der Waals surface area contributed by atoms with Crippen LogP contribution in [0.2, 0.25) is 0 Å². The fourth-order valence-corrected chi connectivity index (χ4v) is 2.69. The number of benzene rings is 1. The summed E-state index contributed by atoms with van der Waals surface area (Å²) in [5, 5.41) is 29.4. The molecule has 0 spiro atoms. The van der Waals surface area contributed by atoms with Crippen LogP contribution in [0.15, 0.2) is 23.4 Å².